The lowest BCUT2D eigenvalue weighted by molar-refractivity contribution is 0.0935. The molecular weight excluding hydrogens is 290 g/mol. The molecule has 0 aromatic carbocycles. The first-order chi connectivity index (χ1) is 11.1. The summed E-state index contributed by atoms with van der Waals surface area (Å²) in [6.45, 7) is 7.02. The average Bonchev–Trinajstić information content (AvgIpc) is 3.15. The van der Waals surface area contributed by atoms with E-state index < -0.39 is 0 Å². The first-order valence-electron chi connectivity index (χ1n) is 8.22. The summed E-state index contributed by atoms with van der Waals surface area (Å²) < 4.78 is 3.95. The van der Waals surface area contributed by atoms with Crippen molar-refractivity contribution < 1.29 is 4.79 Å². The Balaban J connectivity index is 1.60. The maximum Gasteiger partial charge on any atom is 0.267 e. The molecule has 1 amide bonds. The number of hydrogen-bond acceptors (Lipinski definition) is 3. The Morgan fingerprint density at radius 1 is 1.43 bits per heavy atom. The van der Waals surface area contributed by atoms with E-state index in [-0.39, 0.29) is 5.91 Å². The molecule has 124 valence electrons. The van der Waals surface area contributed by atoms with Crippen molar-refractivity contribution in [2.75, 3.05) is 13.1 Å². The van der Waals surface area contributed by atoms with Gasteiger partial charge in [-0.05, 0) is 38.5 Å². The normalized spacial score (nSPS) is 18.2. The molecule has 1 atom stereocenters. The summed E-state index contributed by atoms with van der Waals surface area (Å²) in [5.74, 6) is -0.0188. The van der Waals surface area contributed by atoms with E-state index in [1.807, 2.05) is 36.1 Å². The quantitative estimate of drug-likeness (QED) is 0.915. The summed E-state index contributed by atoms with van der Waals surface area (Å²) in [7, 11) is 1.88. The van der Waals surface area contributed by atoms with Gasteiger partial charge >= 0.3 is 0 Å². The minimum atomic E-state index is -0.0188. The summed E-state index contributed by atoms with van der Waals surface area (Å²) in [5.41, 5.74) is 1.95. The summed E-state index contributed by atoms with van der Waals surface area (Å²) in [4.78, 5) is 14.6. The molecular formula is C17H25N5O. The average molecular weight is 315 g/mol. The van der Waals surface area contributed by atoms with Gasteiger partial charge in [-0.2, -0.15) is 5.10 Å². The van der Waals surface area contributed by atoms with Crippen molar-refractivity contribution in [3.8, 4) is 0 Å². The molecule has 0 bridgehead atoms. The van der Waals surface area contributed by atoms with Gasteiger partial charge in [-0.15, -0.1) is 0 Å². The van der Waals surface area contributed by atoms with Crippen LogP contribution >= 0.6 is 0 Å². The lowest BCUT2D eigenvalue weighted by atomic mass is 10.1. The first kappa shape index (κ1) is 15.8. The minimum absolute atomic E-state index is 0.0188. The van der Waals surface area contributed by atoms with Crippen LogP contribution in [0.15, 0.2) is 30.6 Å². The first-order valence-corrected chi connectivity index (χ1v) is 8.22. The van der Waals surface area contributed by atoms with Gasteiger partial charge < -0.3 is 9.88 Å². The van der Waals surface area contributed by atoms with Gasteiger partial charge in [0.15, 0.2) is 0 Å². The van der Waals surface area contributed by atoms with E-state index in [0.717, 1.165) is 19.5 Å². The highest BCUT2D eigenvalue weighted by atomic mass is 16.1. The summed E-state index contributed by atoms with van der Waals surface area (Å²) in [5, 5.41) is 7.49. The summed E-state index contributed by atoms with van der Waals surface area (Å²) >= 11 is 0. The lowest BCUT2D eigenvalue weighted by Crippen LogP contribution is -2.42. The zero-order valence-corrected chi connectivity index (χ0v) is 14.1. The molecule has 23 heavy (non-hydrogen) atoms. The van der Waals surface area contributed by atoms with Crippen LogP contribution in [0.3, 0.4) is 0 Å². The van der Waals surface area contributed by atoms with E-state index in [0.29, 0.717) is 24.3 Å². The molecule has 2 aromatic heterocycles. The fraction of sp³-hybridized carbons (Fsp3) is 0.529. The van der Waals surface area contributed by atoms with Gasteiger partial charge in [-0.25, -0.2) is 0 Å². The largest absolute Gasteiger partial charge is 0.351 e. The molecule has 0 spiro atoms. The number of nitrogens with zero attached hydrogens (tertiary/aromatic N) is 4. The molecule has 0 radical (unpaired) electrons. The van der Waals surface area contributed by atoms with Gasteiger partial charge in [-0.1, -0.05) is 0 Å². The van der Waals surface area contributed by atoms with Crippen molar-refractivity contribution >= 4 is 5.91 Å². The second kappa shape index (κ2) is 6.58. The second-order valence-corrected chi connectivity index (χ2v) is 6.49. The SMILES string of the molecule is CC(C)N1Cc2ccnn2[C@H](CCNC(=O)c2cccn2C)C1. The van der Waals surface area contributed by atoms with E-state index in [2.05, 4.69) is 39.9 Å². The van der Waals surface area contributed by atoms with Gasteiger partial charge in [0.25, 0.3) is 5.91 Å². The topological polar surface area (TPSA) is 55.1 Å². The predicted molar refractivity (Wildman–Crippen MR) is 89.2 cm³/mol. The van der Waals surface area contributed by atoms with Crippen LogP contribution in [0.2, 0.25) is 0 Å². The fourth-order valence-electron chi connectivity index (χ4n) is 3.16. The molecule has 1 aliphatic rings. The Morgan fingerprint density at radius 3 is 2.96 bits per heavy atom. The van der Waals surface area contributed by atoms with Crippen molar-refractivity contribution in [3.63, 3.8) is 0 Å². The second-order valence-electron chi connectivity index (χ2n) is 6.49. The summed E-state index contributed by atoms with van der Waals surface area (Å²) in [6, 6.07) is 6.63. The number of fused-ring (bicyclic) bond motifs is 1. The van der Waals surface area contributed by atoms with Crippen LogP contribution in [0.4, 0.5) is 0 Å². The molecule has 1 N–H and O–H groups in total. The third kappa shape index (κ3) is 3.32. The van der Waals surface area contributed by atoms with Crippen molar-refractivity contribution in [2.45, 2.75) is 38.9 Å². The zero-order valence-electron chi connectivity index (χ0n) is 14.1. The monoisotopic (exact) mass is 315 g/mol. The van der Waals surface area contributed by atoms with Crippen LogP contribution in [-0.4, -0.2) is 44.3 Å². The smallest absolute Gasteiger partial charge is 0.267 e. The molecule has 0 unspecified atom stereocenters. The van der Waals surface area contributed by atoms with Gasteiger partial charge in [0.2, 0.25) is 0 Å². The van der Waals surface area contributed by atoms with E-state index in [9.17, 15) is 4.79 Å². The van der Waals surface area contributed by atoms with Gasteiger partial charge in [0.1, 0.15) is 5.69 Å². The van der Waals surface area contributed by atoms with Crippen molar-refractivity contribution in [3.05, 3.63) is 42.0 Å². The Hall–Kier alpha value is -2.08. The molecule has 1 aliphatic heterocycles. The third-order valence-corrected chi connectivity index (χ3v) is 4.58. The molecule has 2 aromatic rings. The molecule has 3 heterocycles. The maximum atomic E-state index is 12.2. The molecule has 0 fully saturated rings. The highest BCUT2D eigenvalue weighted by Crippen LogP contribution is 2.24. The van der Waals surface area contributed by atoms with E-state index in [4.69, 9.17) is 0 Å². The van der Waals surface area contributed by atoms with Crippen LogP contribution in [0.25, 0.3) is 0 Å². The lowest BCUT2D eigenvalue weighted by Gasteiger charge is -2.36. The maximum absolute atomic E-state index is 12.2. The summed E-state index contributed by atoms with van der Waals surface area (Å²) in [6.07, 6.45) is 4.63. The molecule has 6 heteroatoms. The molecule has 3 rings (SSSR count). The number of aryl methyl sites for hydroxylation is 1. The van der Waals surface area contributed by atoms with Gasteiger partial charge in [0, 0.05) is 45.1 Å². The Labute approximate surface area is 137 Å². The number of aromatic nitrogens is 3. The van der Waals surface area contributed by atoms with Gasteiger partial charge in [-0.3, -0.25) is 14.4 Å². The molecule has 0 aliphatic carbocycles. The molecule has 6 nitrogen and oxygen atoms in total. The van der Waals surface area contributed by atoms with Gasteiger partial charge in [0.05, 0.1) is 11.7 Å². The van der Waals surface area contributed by atoms with Crippen molar-refractivity contribution in [1.82, 2.24) is 24.6 Å². The van der Waals surface area contributed by atoms with E-state index >= 15 is 0 Å². The van der Waals surface area contributed by atoms with Crippen LogP contribution in [0.5, 0.6) is 0 Å². The highest BCUT2D eigenvalue weighted by Gasteiger charge is 2.26. The number of amides is 1. The van der Waals surface area contributed by atoms with E-state index in [1.165, 1.54) is 5.69 Å². The number of hydrogen-bond donors (Lipinski definition) is 1. The van der Waals surface area contributed by atoms with E-state index in [1.54, 1.807) is 0 Å². The van der Waals surface area contributed by atoms with Crippen LogP contribution < -0.4 is 5.32 Å². The van der Waals surface area contributed by atoms with Crippen LogP contribution in [0, 0.1) is 0 Å². The number of nitrogens with one attached hydrogen (secondary N) is 1. The number of carbonyl (C=O) groups excluding carboxylic acids is 1. The third-order valence-electron chi connectivity index (χ3n) is 4.58. The Kier molecular flexibility index (Phi) is 4.52. The number of carbonyl (C=O) groups is 1. The van der Waals surface area contributed by atoms with Crippen LogP contribution in [0.1, 0.15) is 42.5 Å². The zero-order chi connectivity index (χ0) is 16.4. The standard InChI is InChI=1S/C17H25N5O/c1-13(2)21-11-14(22-15(12-21)7-9-19-22)6-8-18-17(23)16-5-4-10-20(16)3/h4-5,7,9-10,13-14H,6,8,11-12H2,1-3H3,(H,18,23)/t14-/m1/s1. The Morgan fingerprint density at radius 2 is 2.26 bits per heavy atom. The van der Waals surface area contributed by atoms with Crippen molar-refractivity contribution in [2.24, 2.45) is 7.05 Å². The van der Waals surface area contributed by atoms with Crippen molar-refractivity contribution in [1.29, 1.82) is 0 Å². The van der Waals surface area contributed by atoms with Crippen LogP contribution in [-0.2, 0) is 13.6 Å². The Bertz CT molecular complexity index is 672. The highest BCUT2D eigenvalue weighted by molar-refractivity contribution is 5.92. The fourth-order valence-corrected chi connectivity index (χ4v) is 3.16. The molecule has 0 saturated carbocycles. The number of rotatable bonds is 5. The molecule has 0 saturated heterocycles. The predicted octanol–water partition coefficient (Wildman–Crippen LogP) is 1.81. The minimum Gasteiger partial charge on any atom is -0.351 e.